The first-order chi connectivity index (χ1) is 27.0. The van der Waals surface area contributed by atoms with Crippen LogP contribution in [0, 0.1) is 0 Å². The number of carbonyl (C=O) groups excluding carboxylic acids is 1. The van der Waals surface area contributed by atoms with E-state index in [2.05, 4.69) is 32.1 Å². The highest BCUT2D eigenvalue weighted by Crippen LogP contribution is 2.43. The Morgan fingerprint density at radius 2 is 1.21 bits per heavy atom. The fourth-order valence-electron chi connectivity index (χ4n) is 5.46. The van der Waals surface area contributed by atoms with Crippen LogP contribution in [0.5, 0.6) is 0 Å². The number of ether oxygens (including phenoxy) is 2. The largest absolute Gasteiger partial charge is 0.498 e. The van der Waals surface area contributed by atoms with Crippen molar-refractivity contribution in [3.05, 3.63) is 73.1 Å². The Bertz CT molecular complexity index is 1140. The van der Waals surface area contributed by atoms with E-state index in [9.17, 15) is 19.4 Å². The van der Waals surface area contributed by atoms with E-state index in [0.29, 0.717) is 30.3 Å². The van der Waals surface area contributed by atoms with Gasteiger partial charge in [0, 0.05) is 6.42 Å². The third-order valence-corrected chi connectivity index (χ3v) is 9.90. The van der Waals surface area contributed by atoms with Crippen LogP contribution < -0.4 is 0 Å². The molecule has 0 rings (SSSR count). The second-order valence-corrected chi connectivity index (χ2v) is 17.1. The summed E-state index contributed by atoms with van der Waals surface area (Å²) >= 11 is 0. The number of esters is 1. The van der Waals surface area contributed by atoms with Gasteiger partial charge in [-0.2, -0.15) is 0 Å². The Kier molecular flexibility index (Phi) is 36.7. The summed E-state index contributed by atoms with van der Waals surface area (Å²) < 4.78 is 34.5. The lowest BCUT2D eigenvalue weighted by molar-refractivity contribution is -0.870. The predicted octanol–water partition coefficient (Wildman–Crippen LogP) is 12.0. The molecule has 0 aromatic heterocycles. The number of quaternary nitrogens is 1. The molecule has 0 aliphatic heterocycles. The molecule has 9 nitrogen and oxygen atoms in total. The van der Waals surface area contributed by atoms with Gasteiger partial charge in [-0.1, -0.05) is 152 Å². The maximum atomic E-state index is 12.6. The summed E-state index contributed by atoms with van der Waals surface area (Å²) in [4.78, 5) is 22.8. The average molecular weight is 809 g/mol. The molecule has 324 valence electrons. The molecule has 3 unspecified atom stereocenters. The third kappa shape index (κ3) is 41.4. The molecule has 0 amide bonds. The van der Waals surface area contributed by atoms with Crippen molar-refractivity contribution in [2.45, 2.75) is 167 Å². The van der Waals surface area contributed by atoms with Gasteiger partial charge >= 0.3 is 13.8 Å². The Morgan fingerprint density at radius 3 is 1.86 bits per heavy atom. The minimum atomic E-state index is -4.33. The van der Waals surface area contributed by atoms with Crippen LogP contribution in [-0.2, 0) is 27.9 Å². The van der Waals surface area contributed by atoms with Crippen molar-refractivity contribution < 1.29 is 42.4 Å². The molecule has 0 saturated heterocycles. The monoisotopic (exact) mass is 809 g/mol. The Morgan fingerprint density at radius 1 is 0.661 bits per heavy atom. The maximum absolute atomic E-state index is 12.6. The summed E-state index contributed by atoms with van der Waals surface area (Å²) in [6.45, 7) is 4.68. The second kappa shape index (κ2) is 38.3. The number of rotatable bonds is 39. The lowest BCUT2D eigenvalue weighted by atomic mass is 10.1. The summed E-state index contributed by atoms with van der Waals surface area (Å²) in [5, 5.41) is 10.0. The molecule has 0 aromatic rings. The third-order valence-electron chi connectivity index (χ3n) is 8.92. The van der Waals surface area contributed by atoms with Crippen molar-refractivity contribution in [1.82, 2.24) is 0 Å². The van der Waals surface area contributed by atoms with Crippen molar-refractivity contribution in [2.75, 3.05) is 47.5 Å². The molecule has 0 fully saturated rings. The average Bonchev–Trinajstić information content (AvgIpc) is 3.14. The van der Waals surface area contributed by atoms with Crippen LogP contribution in [0.3, 0.4) is 0 Å². The second-order valence-electron chi connectivity index (χ2n) is 15.6. The zero-order valence-electron chi connectivity index (χ0n) is 36.2. The van der Waals surface area contributed by atoms with Gasteiger partial charge in [0.2, 0.25) is 0 Å². The molecular weight excluding hydrogens is 725 g/mol. The molecule has 0 heterocycles. The number of hydrogen-bond acceptors (Lipinski definition) is 7. The van der Waals surface area contributed by atoms with Crippen molar-refractivity contribution >= 4 is 13.8 Å². The number of unbranched alkanes of at least 4 members (excludes halogenated alkanes) is 15. The standard InChI is InChI=1S/C46H82NO8P/c1-6-8-10-12-14-15-16-17-18-19-20-21-24-27-31-35-40-52-42-45(43-54-56(50,51)53-41-39-47(3,4)5)55-46(49)38-34-30-26-23-22-25-29-33-37-44(48)36-32-28-13-11-9-7-2/h23-29,32-33,35,37,40,44-45,48H,6-22,30-31,34,36,38-39,41-43H2,1-5H3/p+1/b26-23-,27-24-,29-25-,32-28-,37-33+,40-35-. The number of carbonyl (C=O) groups is 1. The molecule has 10 heteroatoms. The summed E-state index contributed by atoms with van der Waals surface area (Å²) in [5.41, 5.74) is 0. The highest BCUT2D eigenvalue weighted by Gasteiger charge is 2.26. The molecule has 0 bridgehead atoms. The van der Waals surface area contributed by atoms with Gasteiger partial charge in [-0.3, -0.25) is 13.8 Å². The SMILES string of the molecule is CCCCC/C=C\CC(O)/C=C/C=C\C/C=C\CCCC(=O)OC(CO/C=C\C/C=C\CCCCCCCCCCCCC)COP(=O)(O)OCC[N+](C)(C)C. The molecule has 0 saturated carbocycles. The first kappa shape index (κ1) is 53.7. The first-order valence-electron chi connectivity index (χ1n) is 21.8. The van der Waals surface area contributed by atoms with Crippen LogP contribution >= 0.6 is 7.82 Å². The fourth-order valence-corrected chi connectivity index (χ4v) is 6.20. The molecule has 2 N–H and O–H groups in total. The van der Waals surface area contributed by atoms with Gasteiger partial charge in [-0.25, -0.2) is 4.57 Å². The number of aliphatic hydroxyl groups excluding tert-OH is 1. The van der Waals surface area contributed by atoms with E-state index in [4.69, 9.17) is 18.5 Å². The smallest absolute Gasteiger partial charge is 0.472 e. The van der Waals surface area contributed by atoms with Gasteiger partial charge < -0.3 is 24.0 Å². The summed E-state index contributed by atoms with van der Waals surface area (Å²) in [7, 11) is 1.54. The van der Waals surface area contributed by atoms with Crippen molar-refractivity contribution in [1.29, 1.82) is 0 Å². The van der Waals surface area contributed by atoms with E-state index in [1.54, 1.807) is 12.3 Å². The summed E-state index contributed by atoms with van der Waals surface area (Å²) in [6.07, 6.45) is 46.4. The van der Waals surface area contributed by atoms with Crippen LogP contribution in [0.2, 0.25) is 0 Å². The molecule has 0 radical (unpaired) electrons. The van der Waals surface area contributed by atoms with Crippen molar-refractivity contribution in [2.24, 2.45) is 0 Å². The Labute approximate surface area is 343 Å². The number of allylic oxidation sites excluding steroid dienone is 9. The molecule has 56 heavy (non-hydrogen) atoms. The number of hydrogen-bond donors (Lipinski definition) is 2. The number of phosphoric acid groups is 1. The van der Waals surface area contributed by atoms with Crippen LogP contribution in [0.15, 0.2) is 73.1 Å². The molecule has 0 aliphatic carbocycles. The van der Waals surface area contributed by atoms with E-state index in [-0.39, 0.29) is 26.2 Å². The lowest BCUT2D eigenvalue weighted by Crippen LogP contribution is -2.37. The van der Waals surface area contributed by atoms with E-state index in [1.165, 1.54) is 89.9 Å². The van der Waals surface area contributed by atoms with Crippen LogP contribution in [-0.4, -0.2) is 80.2 Å². The number of nitrogens with zero attached hydrogens (tertiary/aromatic N) is 1. The quantitative estimate of drug-likeness (QED) is 0.0120. The number of likely N-dealkylation sites (N-methyl/N-ethyl adjacent to an activating group) is 1. The molecule has 0 aromatic carbocycles. The zero-order valence-corrected chi connectivity index (χ0v) is 37.1. The topological polar surface area (TPSA) is 112 Å². The number of phosphoric ester groups is 1. The van der Waals surface area contributed by atoms with Gasteiger partial charge in [0.25, 0.3) is 0 Å². The Hall–Kier alpha value is -2.26. The van der Waals surface area contributed by atoms with Gasteiger partial charge in [0.05, 0.1) is 40.1 Å². The summed E-state index contributed by atoms with van der Waals surface area (Å²) in [6, 6.07) is 0. The van der Waals surface area contributed by atoms with Crippen LogP contribution in [0.25, 0.3) is 0 Å². The molecule has 0 spiro atoms. The highest BCUT2D eigenvalue weighted by molar-refractivity contribution is 7.47. The highest BCUT2D eigenvalue weighted by atomic mass is 31.2. The van der Waals surface area contributed by atoms with Crippen molar-refractivity contribution in [3.63, 3.8) is 0 Å². The van der Waals surface area contributed by atoms with Crippen molar-refractivity contribution in [3.8, 4) is 0 Å². The van der Waals surface area contributed by atoms with Crippen LogP contribution in [0.1, 0.15) is 155 Å². The predicted molar refractivity (Wildman–Crippen MR) is 234 cm³/mol. The molecule has 3 atom stereocenters. The van der Waals surface area contributed by atoms with E-state index >= 15 is 0 Å². The minimum absolute atomic E-state index is 0.0168. The van der Waals surface area contributed by atoms with E-state index < -0.39 is 26.0 Å². The lowest BCUT2D eigenvalue weighted by Gasteiger charge is -2.24. The molecule has 0 aliphatic rings. The maximum Gasteiger partial charge on any atom is 0.472 e. The van der Waals surface area contributed by atoms with Gasteiger partial charge in [-0.15, -0.1) is 0 Å². The van der Waals surface area contributed by atoms with Gasteiger partial charge in [0.15, 0.2) is 6.10 Å². The normalized spacial score (nSPS) is 15.0. The van der Waals surface area contributed by atoms with Gasteiger partial charge in [-0.05, 0) is 63.9 Å². The molecular formula is C46H83NO8P+. The van der Waals surface area contributed by atoms with Gasteiger partial charge in [0.1, 0.15) is 19.8 Å². The summed E-state index contributed by atoms with van der Waals surface area (Å²) in [5.74, 6) is -0.428. The van der Waals surface area contributed by atoms with E-state index in [0.717, 1.165) is 25.7 Å². The fraction of sp³-hybridized carbons (Fsp3) is 0.717. The zero-order chi connectivity index (χ0) is 41.4. The van der Waals surface area contributed by atoms with E-state index in [1.807, 2.05) is 63.7 Å². The van der Waals surface area contributed by atoms with Crippen LogP contribution in [0.4, 0.5) is 0 Å². The number of aliphatic hydroxyl groups is 1. The Balaban J connectivity index is 4.52. The first-order valence-corrected chi connectivity index (χ1v) is 23.3. The minimum Gasteiger partial charge on any atom is -0.498 e.